The maximum Gasteiger partial charge on any atom is -0.147 e. The van der Waals surface area contributed by atoms with E-state index in [4.69, 9.17) is 21.0 Å². The van der Waals surface area contributed by atoms with Crippen molar-refractivity contribution in [1.82, 2.24) is 4.98 Å². The standard InChI is InChI=1S/C27H27ClNOP.ClH/c1-21-19-29-26(22(2)27(21)30-3)20-31(28,23-13-7-4-8-14-23,24-15-9-5-10-16-24)25-17-11-6-12-18-25;/h4-19H,20H2,1-3H3;1H. The van der Waals surface area contributed by atoms with E-state index >= 15 is 0 Å². The topological polar surface area (TPSA) is 22.1 Å². The van der Waals surface area contributed by atoms with Crippen molar-refractivity contribution in [2.75, 3.05) is 7.11 Å². The van der Waals surface area contributed by atoms with E-state index in [1.165, 1.54) is 0 Å². The van der Waals surface area contributed by atoms with Gasteiger partial charge in [0.25, 0.3) is 0 Å². The van der Waals surface area contributed by atoms with E-state index in [0.29, 0.717) is 6.16 Å². The molecule has 0 aliphatic rings. The maximum absolute atomic E-state index is 8.17. The quantitative estimate of drug-likeness (QED) is 0.299. The molecule has 4 aromatic rings. The van der Waals surface area contributed by atoms with Crippen molar-refractivity contribution in [1.29, 1.82) is 0 Å². The van der Waals surface area contributed by atoms with Crippen molar-refractivity contribution in [2.24, 2.45) is 0 Å². The van der Waals surface area contributed by atoms with E-state index in [2.05, 4.69) is 79.7 Å². The van der Waals surface area contributed by atoms with Crippen molar-refractivity contribution in [3.05, 3.63) is 114 Å². The van der Waals surface area contributed by atoms with Gasteiger partial charge in [0.05, 0.1) is 0 Å². The van der Waals surface area contributed by atoms with Crippen molar-refractivity contribution in [2.45, 2.75) is 20.0 Å². The Bertz CT molecular complexity index is 1090. The summed E-state index contributed by atoms with van der Waals surface area (Å²) in [4.78, 5) is 4.86. The first kappa shape index (κ1) is 24.3. The zero-order valence-corrected chi connectivity index (χ0v) is 21.0. The van der Waals surface area contributed by atoms with Crippen LogP contribution in [0.3, 0.4) is 0 Å². The van der Waals surface area contributed by atoms with Crippen LogP contribution in [0.15, 0.2) is 97.2 Å². The van der Waals surface area contributed by atoms with Gasteiger partial charge in [0.1, 0.15) is 0 Å². The summed E-state index contributed by atoms with van der Waals surface area (Å²) in [6.07, 6.45) is 2.49. The molecule has 0 atom stereocenters. The van der Waals surface area contributed by atoms with E-state index in [0.717, 1.165) is 38.5 Å². The third-order valence-corrected chi connectivity index (χ3v) is 13.2. The van der Waals surface area contributed by atoms with Gasteiger partial charge in [-0.05, 0) is 0 Å². The minimum Gasteiger partial charge on any atom is -0.147 e. The third-order valence-electron chi connectivity index (χ3n) is 6.08. The van der Waals surface area contributed by atoms with Gasteiger partial charge in [-0.15, -0.1) is 12.4 Å². The summed E-state index contributed by atoms with van der Waals surface area (Å²) in [5.41, 5.74) is 3.03. The molecule has 0 N–H and O–H groups in total. The summed E-state index contributed by atoms with van der Waals surface area (Å²) >= 11 is 8.17. The number of halogens is 2. The van der Waals surface area contributed by atoms with Crippen molar-refractivity contribution in [3.8, 4) is 5.75 Å². The average Bonchev–Trinajstić information content (AvgIpc) is 2.83. The Morgan fingerprint density at radius 1 is 0.750 bits per heavy atom. The number of ether oxygens (including phenoxy) is 1. The zero-order chi connectivity index (χ0) is 21.9. The number of rotatable bonds is 6. The van der Waals surface area contributed by atoms with Gasteiger partial charge >= 0.3 is 190 Å². The second-order valence-electron chi connectivity index (χ2n) is 7.89. The molecule has 1 aromatic heterocycles. The predicted molar refractivity (Wildman–Crippen MR) is 142 cm³/mol. The van der Waals surface area contributed by atoms with Crippen LogP contribution in [0.25, 0.3) is 0 Å². The number of aryl methyl sites for hydroxylation is 1. The van der Waals surface area contributed by atoms with Crippen LogP contribution < -0.4 is 20.7 Å². The number of nitrogens with zero attached hydrogens (tertiary/aromatic N) is 1. The Morgan fingerprint density at radius 3 is 1.53 bits per heavy atom. The van der Waals surface area contributed by atoms with Gasteiger partial charge in [-0.25, -0.2) is 0 Å². The molecular weight excluding hydrogens is 456 g/mol. The molecule has 0 saturated heterocycles. The molecule has 0 amide bonds. The Balaban J connectivity index is 0.00000289. The first-order valence-corrected chi connectivity index (χ1v) is 13.7. The first-order valence-electron chi connectivity index (χ1n) is 10.4. The fraction of sp³-hybridized carbons (Fsp3) is 0.148. The zero-order valence-electron chi connectivity index (χ0n) is 18.5. The number of hydrogen-bond donors (Lipinski definition) is 0. The van der Waals surface area contributed by atoms with Crippen molar-refractivity contribution in [3.63, 3.8) is 0 Å². The Kier molecular flexibility index (Phi) is 7.30. The summed E-state index contributed by atoms with van der Waals surface area (Å²) < 4.78 is 5.71. The molecule has 4 rings (SSSR count). The molecule has 166 valence electrons. The van der Waals surface area contributed by atoms with Crippen LogP contribution in [0.1, 0.15) is 16.8 Å². The van der Waals surface area contributed by atoms with Crippen LogP contribution in [0.4, 0.5) is 0 Å². The van der Waals surface area contributed by atoms with Gasteiger partial charge < -0.3 is 0 Å². The number of aromatic nitrogens is 1. The molecule has 0 radical (unpaired) electrons. The van der Waals surface area contributed by atoms with E-state index in [9.17, 15) is 0 Å². The van der Waals surface area contributed by atoms with Crippen molar-refractivity contribution >= 4 is 45.5 Å². The number of hydrogen-bond acceptors (Lipinski definition) is 2. The van der Waals surface area contributed by atoms with Gasteiger partial charge in [0.2, 0.25) is 0 Å². The van der Waals surface area contributed by atoms with Crippen LogP contribution in [-0.2, 0) is 6.16 Å². The summed E-state index contributed by atoms with van der Waals surface area (Å²) in [7, 11) is 1.71. The van der Waals surface area contributed by atoms with Crippen LogP contribution >= 0.6 is 29.6 Å². The average molecular weight is 484 g/mol. The van der Waals surface area contributed by atoms with Crippen molar-refractivity contribution < 1.29 is 4.74 Å². The molecule has 0 aliphatic heterocycles. The van der Waals surface area contributed by atoms with E-state index in [-0.39, 0.29) is 12.4 Å². The summed E-state index contributed by atoms with van der Waals surface area (Å²) in [5.74, 6) is -2.54. The number of benzene rings is 3. The second kappa shape index (κ2) is 9.63. The van der Waals surface area contributed by atoms with Gasteiger partial charge in [0.15, 0.2) is 0 Å². The van der Waals surface area contributed by atoms with E-state index < -0.39 is 5.96 Å². The van der Waals surface area contributed by atoms with E-state index in [1.54, 1.807) is 7.11 Å². The molecule has 0 spiro atoms. The molecule has 0 bridgehead atoms. The Morgan fingerprint density at radius 2 is 1.16 bits per heavy atom. The molecule has 0 unspecified atom stereocenters. The Hall–Kier alpha value is -2.38. The molecule has 0 saturated carbocycles. The molecule has 5 heteroatoms. The number of methoxy groups -OCH3 is 1. The van der Waals surface area contributed by atoms with E-state index in [1.807, 2.05) is 31.3 Å². The molecule has 32 heavy (non-hydrogen) atoms. The summed E-state index contributed by atoms with van der Waals surface area (Å²) in [6.45, 7) is 4.10. The van der Waals surface area contributed by atoms with Gasteiger partial charge in [-0.2, -0.15) is 0 Å². The molecule has 2 nitrogen and oxygen atoms in total. The summed E-state index contributed by atoms with van der Waals surface area (Å²) in [6, 6.07) is 31.5. The molecule has 3 aromatic carbocycles. The minimum absolute atomic E-state index is 0. The summed E-state index contributed by atoms with van der Waals surface area (Å²) in [5, 5.41) is 3.40. The monoisotopic (exact) mass is 483 g/mol. The SMILES string of the molecule is COc1c(C)cnc(CP(Cl)(c2ccccc2)(c2ccccc2)c2ccccc2)c1C.Cl. The van der Waals surface area contributed by atoms with Gasteiger partial charge in [-0.1, -0.05) is 0 Å². The van der Waals surface area contributed by atoms with Crippen LogP contribution in [0.5, 0.6) is 5.75 Å². The molecule has 1 heterocycles. The normalized spacial score (nSPS) is 12.3. The van der Waals surface area contributed by atoms with Gasteiger partial charge in [-0.3, -0.25) is 0 Å². The molecule has 0 aliphatic carbocycles. The van der Waals surface area contributed by atoms with Gasteiger partial charge in [0, 0.05) is 0 Å². The first-order chi connectivity index (χ1) is 15.0. The molecular formula is C27H28Cl2NOP. The fourth-order valence-corrected chi connectivity index (χ4v) is 10.5. The Labute approximate surface area is 201 Å². The van der Waals surface area contributed by atoms with Crippen LogP contribution in [-0.4, -0.2) is 12.1 Å². The fourth-order valence-electron chi connectivity index (χ4n) is 4.45. The van der Waals surface area contributed by atoms with Crippen LogP contribution in [0.2, 0.25) is 0 Å². The maximum atomic E-state index is 8.17. The number of pyridine rings is 1. The third kappa shape index (κ3) is 3.92. The van der Waals surface area contributed by atoms with Crippen LogP contribution in [0, 0.1) is 13.8 Å². The second-order valence-corrected chi connectivity index (χ2v) is 14.4. The minimum atomic E-state index is -3.41. The smallest absolute Gasteiger partial charge is 0.147 e. The predicted octanol–water partition coefficient (Wildman–Crippen LogP) is 6.31. The molecule has 0 fully saturated rings. The largest absolute Gasteiger partial charge is 0.147 e.